The van der Waals surface area contributed by atoms with Gasteiger partial charge in [-0.25, -0.2) is 0 Å². The monoisotopic (exact) mass is 718 g/mol. The Morgan fingerprint density at radius 3 is 1.14 bits per heavy atom. The molecule has 0 saturated heterocycles. The van der Waals surface area contributed by atoms with E-state index in [-0.39, 0.29) is 0 Å². The number of benzene rings is 5. The van der Waals surface area contributed by atoms with Crippen LogP contribution >= 0.6 is 0 Å². The van der Waals surface area contributed by atoms with E-state index in [2.05, 4.69) is 119 Å². The molecule has 0 amide bonds. The number of hydrogen-bond donors (Lipinski definition) is 0. The van der Waals surface area contributed by atoms with E-state index in [4.69, 9.17) is 18.8 Å². The molecule has 0 saturated carbocycles. The number of fused-ring (bicyclic) bond motifs is 6. The van der Waals surface area contributed by atoms with Gasteiger partial charge in [-0.2, -0.15) is 0 Å². The van der Waals surface area contributed by atoms with Gasteiger partial charge < -0.3 is 8.83 Å². The zero-order valence-corrected chi connectivity index (χ0v) is 29.9. The van der Waals surface area contributed by atoms with Crippen molar-refractivity contribution in [3.05, 3.63) is 183 Å². The van der Waals surface area contributed by atoms with E-state index in [0.717, 1.165) is 111 Å². The highest BCUT2D eigenvalue weighted by Crippen LogP contribution is 2.40. The molecule has 11 rings (SSSR count). The Balaban J connectivity index is 0.927. The van der Waals surface area contributed by atoms with E-state index < -0.39 is 0 Å². The number of nitrogens with zero attached hydrogens (tertiary/aromatic N) is 4. The maximum absolute atomic E-state index is 6.50. The molecule has 5 aromatic carbocycles. The minimum Gasteiger partial charge on any atom is -0.454 e. The summed E-state index contributed by atoms with van der Waals surface area (Å²) in [6, 6.07) is 50.4. The Hall–Kier alpha value is -7.70. The largest absolute Gasteiger partial charge is 0.454 e. The topological polar surface area (TPSA) is 77.8 Å². The standard InChI is InChI=1S/C50H30N4O2/c1-5-33(25-35(7-1)39-9-3-21-51-29-39)37-15-17-45-43(27-37)47-49(55-45)41(19-23-53-47)31-11-13-32(14-12-31)42-20-24-54-48-44-28-38(16-18-46(44)56-50(42)48)34-6-2-8-36(26-34)40-10-4-22-52-30-40/h1-30H. The minimum atomic E-state index is 0.766. The maximum atomic E-state index is 6.50. The highest BCUT2D eigenvalue weighted by Gasteiger charge is 2.17. The zero-order valence-electron chi connectivity index (χ0n) is 29.9. The van der Waals surface area contributed by atoms with Gasteiger partial charge in [0.05, 0.1) is 0 Å². The molecule has 0 aliphatic heterocycles. The van der Waals surface area contributed by atoms with Crippen LogP contribution in [0.15, 0.2) is 192 Å². The van der Waals surface area contributed by atoms with E-state index in [9.17, 15) is 0 Å². The first-order valence-electron chi connectivity index (χ1n) is 18.5. The summed E-state index contributed by atoms with van der Waals surface area (Å²) in [6.45, 7) is 0. The lowest BCUT2D eigenvalue weighted by Crippen LogP contribution is -1.85. The summed E-state index contributed by atoms with van der Waals surface area (Å²) in [6.07, 6.45) is 11.1. The molecule has 0 aliphatic carbocycles. The van der Waals surface area contributed by atoms with Gasteiger partial charge in [0.2, 0.25) is 0 Å². The van der Waals surface area contributed by atoms with Crippen molar-refractivity contribution in [3.63, 3.8) is 0 Å². The van der Waals surface area contributed by atoms with Crippen LogP contribution in [0.2, 0.25) is 0 Å². The SMILES string of the molecule is c1cncc(-c2cccc(-c3ccc4oc5c(-c6ccc(-c7ccnc8c7oc7ccc(-c9cccc(-c%10cccnc%10)c9)cc78)cc6)ccnc5c4c3)c2)c1. The fourth-order valence-electron chi connectivity index (χ4n) is 7.78. The number of hydrogen-bond acceptors (Lipinski definition) is 6. The van der Waals surface area contributed by atoms with Crippen LogP contribution in [0, 0.1) is 0 Å². The number of furan rings is 2. The molecule has 0 radical (unpaired) electrons. The normalized spacial score (nSPS) is 11.6. The van der Waals surface area contributed by atoms with Gasteiger partial charge in [-0.15, -0.1) is 0 Å². The van der Waals surface area contributed by atoms with Gasteiger partial charge in [-0.3, -0.25) is 19.9 Å². The Bertz CT molecular complexity index is 3020. The predicted molar refractivity (Wildman–Crippen MR) is 225 cm³/mol. The molecule has 6 heterocycles. The average molecular weight is 719 g/mol. The van der Waals surface area contributed by atoms with Gasteiger partial charge in [-0.05, 0) is 105 Å². The summed E-state index contributed by atoms with van der Waals surface area (Å²) < 4.78 is 13.0. The summed E-state index contributed by atoms with van der Waals surface area (Å²) in [5.74, 6) is 0. The van der Waals surface area contributed by atoms with Gasteiger partial charge in [0.25, 0.3) is 0 Å². The highest BCUT2D eigenvalue weighted by molar-refractivity contribution is 6.10. The van der Waals surface area contributed by atoms with Gasteiger partial charge in [0, 0.05) is 70.2 Å². The molecular weight excluding hydrogens is 689 g/mol. The van der Waals surface area contributed by atoms with Crippen LogP contribution in [-0.4, -0.2) is 19.9 Å². The predicted octanol–water partition coefficient (Wildman–Crippen LogP) is 13.1. The molecule has 11 aromatic rings. The smallest absolute Gasteiger partial charge is 0.161 e. The van der Waals surface area contributed by atoms with Crippen molar-refractivity contribution in [3.8, 4) is 66.8 Å². The van der Waals surface area contributed by atoms with Gasteiger partial charge in [-0.1, -0.05) is 84.9 Å². The molecule has 0 fully saturated rings. The van der Waals surface area contributed by atoms with Gasteiger partial charge in [0.15, 0.2) is 11.2 Å². The third-order valence-electron chi connectivity index (χ3n) is 10.6. The van der Waals surface area contributed by atoms with Gasteiger partial charge >= 0.3 is 0 Å². The fraction of sp³-hybridized carbons (Fsp3) is 0. The molecule has 6 aromatic heterocycles. The van der Waals surface area contributed by atoms with E-state index >= 15 is 0 Å². The molecule has 6 heteroatoms. The second kappa shape index (κ2) is 13.0. The summed E-state index contributed by atoms with van der Waals surface area (Å²) in [4.78, 5) is 18.2. The third kappa shape index (κ3) is 5.43. The van der Waals surface area contributed by atoms with Crippen molar-refractivity contribution in [2.45, 2.75) is 0 Å². The Labute approximate surface area is 321 Å². The van der Waals surface area contributed by atoms with Crippen molar-refractivity contribution in [1.82, 2.24) is 19.9 Å². The Morgan fingerprint density at radius 1 is 0.321 bits per heavy atom. The Morgan fingerprint density at radius 2 is 0.714 bits per heavy atom. The second-order valence-corrected chi connectivity index (χ2v) is 13.9. The van der Waals surface area contributed by atoms with Crippen LogP contribution in [0.25, 0.3) is 111 Å². The molecule has 0 N–H and O–H groups in total. The van der Waals surface area contributed by atoms with Crippen LogP contribution < -0.4 is 0 Å². The summed E-state index contributed by atoms with van der Waals surface area (Å²) in [5.41, 5.74) is 17.7. The average Bonchev–Trinajstić information content (AvgIpc) is 3.85. The van der Waals surface area contributed by atoms with E-state index in [1.807, 2.05) is 61.2 Å². The summed E-state index contributed by atoms with van der Waals surface area (Å²) in [7, 11) is 0. The van der Waals surface area contributed by atoms with E-state index in [1.165, 1.54) is 0 Å². The van der Waals surface area contributed by atoms with Crippen molar-refractivity contribution in [2.75, 3.05) is 0 Å². The summed E-state index contributed by atoms with van der Waals surface area (Å²) in [5, 5.41) is 1.97. The second-order valence-electron chi connectivity index (χ2n) is 13.9. The van der Waals surface area contributed by atoms with Crippen LogP contribution in [0.1, 0.15) is 0 Å². The molecule has 0 aliphatic rings. The lowest BCUT2D eigenvalue weighted by Gasteiger charge is -2.06. The van der Waals surface area contributed by atoms with Crippen LogP contribution in [0.4, 0.5) is 0 Å². The first-order chi connectivity index (χ1) is 27.7. The van der Waals surface area contributed by atoms with Crippen molar-refractivity contribution in [2.24, 2.45) is 0 Å². The van der Waals surface area contributed by atoms with Crippen molar-refractivity contribution < 1.29 is 8.83 Å². The molecule has 6 nitrogen and oxygen atoms in total. The maximum Gasteiger partial charge on any atom is 0.161 e. The van der Waals surface area contributed by atoms with Crippen LogP contribution in [-0.2, 0) is 0 Å². The molecular formula is C50H30N4O2. The number of pyridine rings is 4. The molecule has 262 valence electrons. The van der Waals surface area contributed by atoms with E-state index in [0.29, 0.717) is 0 Å². The van der Waals surface area contributed by atoms with Crippen molar-refractivity contribution >= 4 is 44.1 Å². The lowest BCUT2D eigenvalue weighted by molar-refractivity contribution is 0.669. The van der Waals surface area contributed by atoms with E-state index in [1.54, 1.807) is 12.4 Å². The van der Waals surface area contributed by atoms with Crippen LogP contribution in [0.3, 0.4) is 0 Å². The summed E-state index contributed by atoms with van der Waals surface area (Å²) >= 11 is 0. The number of aromatic nitrogens is 4. The quantitative estimate of drug-likeness (QED) is 0.170. The first-order valence-corrected chi connectivity index (χ1v) is 18.5. The molecule has 0 atom stereocenters. The number of rotatable bonds is 6. The highest BCUT2D eigenvalue weighted by atomic mass is 16.3. The molecule has 56 heavy (non-hydrogen) atoms. The minimum absolute atomic E-state index is 0.766. The third-order valence-corrected chi connectivity index (χ3v) is 10.6. The first kappa shape index (κ1) is 31.8. The van der Waals surface area contributed by atoms with Crippen LogP contribution in [0.5, 0.6) is 0 Å². The molecule has 0 bridgehead atoms. The Kier molecular flexibility index (Phi) is 7.38. The molecule has 0 spiro atoms. The zero-order chi connectivity index (χ0) is 37.0. The van der Waals surface area contributed by atoms with Crippen molar-refractivity contribution in [1.29, 1.82) is 0 Å². The lowest BCUT2D eigenvalue weighted by atomic mass is 9.98. The van der Waals surface area contributed by atoms with Gasteiger partial charge in [0.1, 0.15) is 22.2 Å². The molecule has 0 unspecified atom stereocenters. The fourth-order valence-corrected chi connectivity index (χ4v) is 7.78.